The lowest BCUT2D eigenvalue weighted by atomic mass is 10.00. The SMILES string of the molecule is Cc1ccc(S(=O)(=O)C2CC(C)C(=O)NC2O)cc1. The number of carbonyl (C=O) groups excluding carboxylic acids is 1. The third-order valence-corrected chi connectivity index (χ3v) is 5.60. The van der Waals surface area contributed by atoms with Crippen LogP contribution in [0, 0.1) is 12.8 Å². The lowest BCUT2D eigenvalue weighted by Crippen LogP contribution is -2.54. The molecule has 1 aromatic carbocycles. The Labute approximate surface area is 112 Å². The number of aliphatic hydroxyl groups is 1. The number of benzene rings is 1. The van der Waals surface area contributed by atoms with Crippen LogP contribution in [0.15, 0.2) is 29.2 Å². The minimum absolute atomic E-state index is 0.128. The maximum atomic E-state index is 12.4. The van der Waals surface area contributed by atoms with E-state index < -0.39 is 27.2 Å². The lowest BCUT2D eigenvalue weighted by Gasteiger charge is -2.31. The number of carbonyl (C=O) groups is 1. The zero-order valence-corrected chi connectivity index (χ0v) is 11.6. The number of aryl methyl sites for hydroxylation is 1. The molecule has 104 valence electrons. The van der Waals surface area contributed by atoms with Crippen LogP contribution < -0.4 is 5.32 Å². The van der Waals surface area contributed by atoms with E-state index in [-0.39, 0.29) is 17.2 Å². The van der Waals surface area contributed by atoms with Crippen molar-refractivity contribution in [1.82, 2.24) is 5.32 Å². The Hall–Kier alpha value is -1.40. The average molecular weight is 283 g/mol. The molecular weight excluding hydrogens is 266 g/mol. The predicted molar refractivity (Wildman–Crippen MR) is 70.1 cm³/mol. The van der Waals surface area contributed by atoms with Crippen molar-refractivity contribution in [2.75, 3.05) is 0 Å². The van der Waals surface area contributed by atoms with Crippen LogP contribution in [0.4, 0.5) is 0 Å². The van der Waals surface area contributed by atoms with E-state index in [1.54, 1.807) is 19.1 Å². The summed E-state index contributed by atoms with van der Waals surface area (Å²) in [7, 11) is -3.65. The van der Waals surface area contributed by atoms with Gasteiger partial charge in [0.25, 0.3) is 0 Å². The van der Waals surface area contributed by atoms with Gasteiger partial charge in [-0.25, -0.2) is 8.42 Å². The Kier molecular flexibility index (Phi) is 3.64. The Morgan fingerprint density at radius 2 is 1.84 bits per heavy atom. The molecule has 2 rings (SSSR count). The van der Waals surface area contributed by atoms with Gasteiger partial charge < -0.3 is 10.4 Å². The maximum Gasteiger partial charge on any atom is 0.224 e. The highest BCUT2D eigenvalue weighted by Gasteiger charge is 2.41. The molecule has 6 heteroatoms. The van der Waals surface area contributed by atoms with E-state index in [2.05, 4.69) is 5.32 Å². The fraction of sp³-hybridized carbons (Fsp3) is 0.462. The number of hydrogen-bond donors (Lipinski definition) is 2. The molecule has 0 saturated carbocycles. The molecule has 0 spiro atoms. The molecule has 1 amide bonds. The number of amides is 1. The first kappa shape index (κ1) is 14.0. The molecule has 0 bridgehead atoms. The minimum atomic E-state index is -3.65. The van der Waals surface area contributed by atoms with Crippen LogP contribution in [-0.2, 0) is 14.6 Å². The molecule has 0 aliphatic carbocycles. The van der Waals surface area contributed by atoms with Gasteiger partial charge in [0.2, 0.25) is 5.91 Å². The zero-order valence-electron chi connectivity index (χ0n) is 10.8. The van der Waals surface area contributed by atoms with Crippen molar-refractivity contribution >= 4 is 15.7 Å². The summed E-state index contributed by atoms with van der Waals surface area (Å²) in [6, 6.07) is 6.48. The summed E-state index contributed by atoms with van der Waals surface area (Å²) < 4.78 is 24.9. The van der Waals surface area contributed by atoms with Crippen molar-refractivity contribution in [2.24, 2.45) is 5.92 Å². The average Bonchev–Trinajstić information content (AvgIpc) is 2.34. The molecule has 5 nitrogen and oxygen atoms in total. The molecule has 0 aromatic heterocycles. The smallest absolute Gasteiger partial charge is 0.224 e. The highest BCUT2D eigenvalue weighted by molar-refractivity contribution is 7.92. The molecule has 1 heterocycles. The summed E-state index contributed by atoms with van der Waals surface area (Å²) in [5.74, 6) is -0.739. The topological polar surface area (TPSA) is 83.5 Å². The van der Waals surface area contributed by atoms with Crippen LogP contribution in [-0.4, -0.2) is 30.9 Å². The lowest BCUT2D eigenvalue weighted by molar-refractivity contribution is -0.130. The van der Waals surface area contributed by atoms with Crippen LogP contribution in [0.2, 0.25) is 0 Å². The minimum Gasteiger partial charge on any atom is -0.372 e. The second-order valence-corrected chi connectivity index (χ2v) is 7.15. The Bertz CT molecular complexity index is 579. The van der Waals surface area contributed by atoms with E-state index in [1.807, 2.05) is 6.92 Å². The predicted octanol–water partition coefficient (Wildman–Crippen LogP) is 0.612. The first-order valence-corrected chi connectivity index (χ1v) is 7.66. The number of nitrogens with one attached hydrogen (secondary N) is 1. The highest BCUT2D eigenvalue weighted by Crippen LogP contribution is 2.26. The van der Waals surface area contributed by atoms with Gasteiger partial charge in [-0.05, 0) is 25.5 Å². The second kappa shape index (κ2) is 4.94. The molecule has 1 aliphatic rings. The number of sulfone groups is 1. The zero-order chi connectivity index (χ0) is 14.2. The Morgan fingerprint density at radius 1 is 1.26 bits per heavy atom. The normalized spacial score (nSPS) is 27.9. The van der Waals surface area contributed by atoms with E-state index in [4.69, 9.17) is 0 Å². The van der Waals surface area contributed by atoms with E-state index in [1.165, 1.54) is 12.1 Å². The first-order chi connectivity index (χ1) is 8.82. The Balaban J connectivity index is 2.34. The van der Waals surface area contributed by atoms with E-state index >= 15 is 0 Å². The summed E-state index contributed by atoms with van der Waals surface area (Å²) in [5, 5.41) is 11.1. The van der Waals surface area contributed by atoms with Gasteiger partial charge in [0, 0.05) is 5.92 Å². The number of aliphatic hydroxyl groups excluding tert-OH is 1. The molecule has 2 N–H and O–H groups in total. The van der Waals surface area contributed by atoms with Crippen LogP contribution >= 0.6 is 0 Å². The highest BCUT2D eigenvalue weighted by atomic mass is 32.2. The van der Waals surface area contributed by atoms with Crippen molar-refractivity contribution in [2.45, 2.75) is 36.6 Å². The number of rotatable bonds is 2. The van der Waals surface area contributed by atoms with Crippen molar-refractivity contribution < 1.29 is 18.3 Å². The molecule has 1 saturated heterocycles. The van der Waals surface area contributed by atoms with Gasteiger partial charge in [0.1, 0.15) is 11.5 Å². The maximum absolute atomic E-state index is 12.4. The van der Waals surface area contributed by atoms with Crippen LogP contribution in [0.25, 0.3) is 0 Å². The van der Waals surface area contributed by atoms with E-state index in [0.29, 0.717) is 0 Å². The van der Waals surface area contributed by atoms with Gasteiger partial charge in [-0.2, -0.15) is 0 Å². The third kappa shape index (κ3) is 2.64. The summed E-state index contributed by atoms with van der Waals surface area (Å²) in [6.45, 7) is 3.52. The summed E-state index contributed by atoms with van der Waals surface area (Å²) in [4.78, 5) is 11.6. The summed E-state index contributed by atoms with van der Waals surface area (Å²) in [6.07, 6.45) is -1.22. The van der Waals surface area contributed by atoms with Crippen molar-refractivity contribution in [3.05, 3.63) is 29.8 Å². The second-order valence-electron chi connectivity index (χ2n) is 4.99. The summed E-state index contributed by atoms with van der Waals surface area (Å²) in [5.41, 5.74) is 0.963. The van der Waals surface area contributed by atoms with Gasteiger partial charge in [0.05, 0.1) is 4.90 Å². The standard InChI is InChI=1S/C13H17NO4S/c1-8-3-5-10(6-4-8)19(17,18)11-7-9(2)12(15)14-13(11)16/h3-6,9,11,13,16H,7H2,1-2H3,(H,14,15). The third-order valence-electron chi connectivity index (χ3n) is 3.42. The molecule has 1 aromatic rings. The van der Waals surface area contributed by atoms with Crippen LogP contribution in [0.5, 0.6) is 0 Å². The first-order valence-electron chi connectivity index (χ1n) is 6.11. The molecular formula is C13H17NO4S. The quantitative estimate of drug-likeness (QED) is 0.833. The molecule has 3 atom stereocenters. The fourth-order valence-electron chi connectivity index (χ4n) is 2.16. The molecule has 19 heavy (non-hydrogen) atoms. The largest absolute Gasteiger partial charge is 0.372 e. The van der Waals surface area contributed by atoms with Gasteiger partial charge in [0.15, 0.2) is 9.84 Å². The van der Waals surface area contributed by atoms with Gasteiger partial charge >= 0.3 is 0 Å². The number of piperidine rings is 1. The van der Waals surface area contributed by atoms with Gasteiger partial charge in [-0.15, -0.1) is 0 Å². The van der Waals surface area contributed by atoms with E-state index in [0.717, 1.165) is 5.56 Å². The van der Waals surface area contributed by atoms with Crippen molar-refractivity contribution in [1.29, 1.82) is 0 Å². The monoisotopic (exact) mass is 283 g/mol. The molecule has 3 unspecified atom stereocenters. The molecule has 1 fully saturated rings. The molecule has 1 aliphatic heterocycles. The van der Waals surface area contributed by atoms with Crippen LogP contribution in [0.1, 0.15) is 18.9 Å². The van der Waals surface area contributed by atoms with Crippen molar-refractivity contribution in [3.63, 3.8) is 0 Å². The summed E-state index contributed by atoms with van der Waals surface area (Å²) >= 11 is 0. The Morgan fingerprint density at radius 3 is 2.42 bits per heavy atom. The fourth-order valence-corrected chi connectivity index (χ4v) is 3.98. The van der Waals surface area contributed by atoms with Gasteiger partial charge in [-0.3, -0.25) is 4.79 Å². The number of hydrogen-bond acceptors (Lipinski definition) is 4. The van der Waals surface area contributed by atoms with Crippen LogP contribution in [0.3, 0.4) is 0 Å². The van der Waals surface area contributed by atoms with Crippen molar-refractivity contribution in [3.8, 4) is 0 Å². The van der Waals surface area contributed by atoms with E-state index in [9.17, 15) is 18.3 Å². The molecule has 0 radical (unpaired) electrons. The van der Waals surface area contributed by atoms with Gasteiger partial charge in [-0.1, -0.05) is 24.6 Å².